The molecule has 3 aromatic carbocycles. The third-order valence-corrected chi connectivity index (χ3v) is 5.98. The SMILES string of the molecule is O=C(/C=C/c1ccc(O)cc1)OC[C@H]1O[C@@H](Oc2ccc(/C=C/c3cc(O)cc(O)c3)cc2O)[C@H](O)[C@@H](O)[C@@H]1O. The summed E-state index contributed by atoms with van der Waals surface area (Å²) in [5.41, 5.74) is 1.69. The number of rotatable bonds is 8. The number of hydrogen-bond donors (Lipinski definition) is 7. The standard InChI is InChI=1S/C29H28O11/c30-19-7-3-16(4-8-19)6-10-25(34)38-15-24-26(35)27(36)28(37)29(40-24)39-23-9-5-17(13-22(23)33)1-2-18-11-20(31)14-21(32)12-18/h1-14,24,26-33,35-37H,15H2/b2-1+,10-6+/t24-,26-,27+,28-,29-/m1/s1. The first kappa shape index (κ1) is 28.5. The predicted octanol–water partition coefficient (Wildman–Crippen LogP) is 2.12. The minimum absolute atomic E-state index is 0.0774. The number of aliphatic hydroxyl groups excluding tert-OH is 3. The van der Waals surface area contributed by atoms with Crippen molar-refractivity contribution in [2.45, 2.75) is 30.7 Å². The zero-order chi connectivity index (χ0) is 28.8. The van der Waals surface area contributed by atoms with E-state index in [1.807, 2.05) is 0 Å². The van der Waals surface area contributed by atoms with Crippen molar-refractivity contribution in [2.75, 3.05) is 6.61 Å². The quantitative estimate of drug-likeness (QED) is 0.123. The Kier molecular flexibility index (Phi) is 8.92. The second kappa shape index (κ2) is 12.5. The third-order valence-electron chi connectivity index (χ3n) is 5.98. The van der Waals surface area contributed by atoms with E-state index in [1.54, 1.807) is 30.4 Å². The van der Waals surface area contributed by atoms with E-state index >= 15 is 0 Å². The van der Waals surface area contributed by atoms with E-state index in [0.717, 1.165) is 6.08 Å². The average molecular weight is 553 g/mol. The molecular weight excluding hydrogens is 524 g/mol. The molecule has 0 spiro atoms. The summed E-state index contributed by atoms with van der Waals surface area (Å²) in [6, 6.07) is 14.5. The number of ether oxygens (including phenoxy) is 3. The third kappa shape index (κ3) is 7.30. The van der Waals surface area contributed by atoms with Gasteiger partial charge in [0.25, 0.3) is 0 Å². The van der Waals surface area contributed by atoms with Crippen molar-refractivity contribution < 1.29 is 54.8 Å². The molecule has 1 aliphatic heterocycles. The lowest BCUT2D eigenvalue weighted by atomic mass is 9.99. The number of aliphatic hydroxyl groups is 3. The maximum atomic E-state index is 12.1. The number of carbonyl (C=O) groups is 1. The van der Waals surface area contributed by atoms with Gasteiger partial charge in [0.2, 0.25) is 6.29 Å². The molecule has 1 aliphatic rings. The van der Waals surface area contributed by atoms with Crippen molar-refractivity contribution in [2.24, 2.45) is 0 Å². The van der Waals surface area contributed by atoms with Gasteiger partial charge in [-0.15, -0.1) is 0 Å². The van der Waals surface area contributed by atoms with E-state index in [1.165, 1.54) is 48.5 Å². The van der Waals surface area contributed by atoms with Crippen molar-refractivity contribution in [3.63, 3.8) is 0 Å². The molecule has 4 rings (SSSR count). The van der Waals surface area contributed by atoms with Gasteiger partial charge < -0.3 is 50.0 Å². The summed E-state index contributed by atoms with van der Waals surface area (Å²) in [4.78, 5) is 12.1. The van der Waals surface area contributed by atoms with Crippen molar-refractivity contribution in [1.29, 1.82) is 0 Å². The number of phenols is 4. The summed E-state index contributed by atoms with van der Waals surface area (Å²) in [6.45, 7) is -0.468. The molecule has 0 unspecified atom stereocenters. The summed E-state index contributed by atoms with van der Waals surface area (Å²) in [5, 5.41) is 69.9. The van der Waals surface area contributed by atoms with Crippen molar-refractivity contribution in [3.05, 3.63) is 83.4 Å². The molecule has 5 atom stereocenters. The Morgan fingerprint density at radius 3 is 2.05 bits per heavy atom. The summed E-state index contributed by atoms with van der Waals surface area (Å²) in [7, 11) is 0. The van der Waals surface area contributed by atoms with Gasteiger partial charge in [-0.05, 0) is 59.2 Å². The van der Waals surface area contributed by atoms with Gasteiger partial charge >= 0.3 is 5.97 Å². The first-order valence-corrected chi connectivity index (χ1v) is 12.1. The minimum Gasteiger partial charge on any atom is -0.508 e. The summed E-state index contributed by atoms with van der Waals surface area (Å²) < 4.78 is 16.2. The van der Waals surface area contributed by atoms with Gasteiger partial charge in [-0.25, -0.2) is 4.79 Å². The number of carbonyl (C=O) groups excluding carboxylic acids is 1. The predicted molar refractivity (Wildman–Crippen MR) is 142 cm³/mol. The van der Waals surface area contributed by atoms with Crippen LogP contribution in [0.1, 0.15) is 16.7 Å². The Balaban J connectivity index is 1.37. The molecule has 1 fully saturated rings. The molecular formula is C29H28O11. The second-order valence-electron chi connectivity index (χ2n) is 9.03. The Bertz CT molecular complexity index is 1360. The Morgan fingerprint density at radius 2 is 1.38 bits per heavy atom. The molecule has 3 aromatic rings. The van der Waals surface area contributed by atoms with E-state index in [4.69, 9.17) is 14.2 Å². The van der Waals surface area contributed by atoms with E-state index < -0.39 is 43.3 Å². The van der Waals surface area contributed by atoms with Crippen LogP contribution in [-0.2, 0) is 14.3 Å². The van der Waals surface area contributed by atoms with Gasteiger partial charge in [0.05, 0.1) is 0 Å². The molecule has 0 bridgehead atoms. The molecule has 0 saturated carbocycles. The largest absolute Gasteiger partial charge is 0.508 e. The summed E-state index contributed by atoms with van der Waals surface area (Å²) >= 11 is 0. The van der Waals surface area contributed by atoms with Crippen molar-refractivity contribution >= 4 is 24.2 Å². The first-order chi connectivity index (χ1) is 19.1. The fourth-order valence-corrected chi connectivity index (χ4v) is 3.88. The molecule has 210 valence electrons. The van der Waals surface area contributed by atoms with Crippen LogP contribution in [0.15, 0.2) is 66.7 Å². The smallest absolute Gasteiger partial charge is 0.330 e. The number of esters is 1. The molecule has 1 saturated heterocycles. The monoisotopic (exact) mass is 552 g/mol. The molecule has 0 aromatic heterocycles. The van der Waals surface area contributed by atoms with E-state index in [2.05, 4.69) is 0 Å². The highest BCUT2D eigenvalue weighted by atomic mass is 16.7. The molecule has 0 aliphatic carbocycles. The molecule has 1 heterocycles. The molecule has 11 nitrogen and oxygen atoms in total. The maximum Gasteiger partial charge on any atom is 0.330 e. The zero-order valence-electron chi connectivity index (χ0n) is 20.9. The lowest BCUT2D eigenvalue weighted by molar-refractivity contribution is -0.278. The molecule has 11 heteroatoms. The summed E-state index contributed by atoms with van der Waals surface area (Å²) in [6.07, 6.45) is -1.93. The lowest BCUT2D eigenvalue weighted by Gasteiger charge is -2.39. The topological polar surface area (TPSA) is 186 Å². The number of hydrogen-bond acceptors (Lipinski definition) is 11. The lowest BCUT2D eigenvalue weighted by Crippen LogP contribution is -2.60. The second-order valence-corrected chi connectivity index (χ2v) is 9.03. The van der Waals surface area contributed by atoms with Crippen LogP contribution in [0.2, 0.25) is 0 Å². The molecule has 7 N–H and O–H groups in total. The van der Waals surface area contributed by atoms with Crippen molar-refractivity contribution in [3.8, 4) is 28.7 Å². The Morgan fingerprint density at radius 1 is 0.725 bits per heavy atom. The van der Waals surface area contributed by atoms with Gasteiger partial charge in [-0.1, -0.05) is 30.4 Å². The number of phenolic OH excluding ortho intramolecular Hbond substituents is 4. The van der Waals surface area contributed by atoms with Gasteiger partial charge in [0.15, 0.2) is 11.5 Å². The fourth-order valence-electron chi connectivity index (χ4n) is 3.88. The first-order valence-electron chi connectivity index (χ1n) is 12.1. The molecule has 40 heavy (non-hydrogen) atoms. The Hall–Kier alpha value is -4.55. The number of benzene rings is 3. The van der Waals surface area contributed by atoms with Crippen LogP contribution in [0, 0.1) is 0 Å². The molecule has 0 radical (unpaired) electrons. The highest BCUT2D eigenvalue weighted by Crippen LogP contribution is 2.32. The van der Waals surface area contributed by atoms with E-state index in [9.17, 15) is 40.5 Å². The van der Waals surface area contributed by atoms with E-state index in [-0.39, 0.29) is 28.7 Å². The van der Waals surface area contributed by atoms with Gasteiger partial charge in [0, 0.05) is 12.1 Å². The van der Waals surface area contributed by atoms with Crippen LogP contribution >= 0.6 is 0 Å². The number of aromatic hydroxyl groups is 4. The van der Waals surface area contributed by atoms with Gasteiger partial charge in [-0.3, -0.25) is 0 Å². The van der Waals surface area contributed by atoms with E-state index in [0.29, 0.717) is 16.7 Å². The van der Waals surface area contributed by atoms with Crippen LogP contribution in [0.5, 0.6) is 28.7 Å². The van der Waals surface area contributed by atoms with Crippen LogP contribution in [0.4, 0.5) is 0 Å². The minimum atomic E-state index is -1.70. The van der Waals surface area contributed by atoms with Gasteiger partial charge in [0.1, 0.15) is 48.3 Å². The maximum absolute atomic E-state index is 12.1. The normalized spacial score (nSPS) is 22.9. The highest BCUT2D eigenvalue weighted by molar-refractivity contribution is 5.87. The fraction of sp³-hybridized carbons (Fsp3) is 0.207. The van der Waals surface area contributed by atoms with Crippen LogP contribution in [0.3, 0.4) is 0 Å². The highest BCUT2D eigenvalue weighted by Gasteiger charge is 2.45. The van der Waals surface area contributed by atoms with Crippen LogP contribution < -0.4 is 4.74 Å². The Labute approximate surface area is 228 Å². The van der Waals surface area contributed by atoms with Crippen LogP contribution in [-0.4, -0.2) is 79.0 Å². The van der Waals surface area contributed by atoms with Crippen molar-refractivity contribution in [1.82, 2.24) is 0 Å². The molecule has 0 amide bonds. The zero-order valence-corrected chi connectivity index (χ0v) is 20.9. The average Bonchev–Trinajstić information content (AvgIpc) is 2.92. The van der Waals surface area contributed by atoms with Gasteiger partial charge in [-0.2, -0.15) is 0 Å². The van der Waals surface area contributed by atoms with Crippen LogP contribution in [0.25, 0.3) is 18.2 Å². The summed E-state index contributed by atoms with van der Waals surface area (Å²) in [5.74, 6) is -1.31.